The van der Waals surface area contributed by atoms with Crippen LogP contribution in [0.3, 0.4) is 0 Å². The number of aromatic amines is 1. The third-order valence-corrected chi connectivity index (χ3v) is 4.35. The van der Waals surface area contributed by atoms with Gasteiger partial charge in [0.1, 0.15) is 5.82 Å². The predicted octanol–water partition coefficient (Wildman–Crippen LogP) is 3.27. The third kappa shape index (κ3) is 4.57. The number of H-pyrrole nitrogens is 1. The van der Waals surface area contributed by atoms with Crippen molar-refractivity contribution >= 4 is 16.8 Å². The van der Waals surface area contributed by atoms with Crippen LogP contribution in [0.4, 0.5) is 4.39 Å². The summed E-state index contributed by atoms with van der Waals surface area (Å²) >= 11 is 0. The summed E-state index contributed by atoms with van der Waals surface area (Å²) in [6, 6.07) is 13.9. The highest BCUT2D eigenvalue weighted by Crippen LogP contribution is 2.13. The highest BCUT2D eigenvalue weighted by atomic mass is 19.1. The summed E-state index contributed by atoms with van der Waals surface area (Å²) in [6.45, 7) is 2.38. The van der Waals surface area contributed by atoms with E-state index >= 15 is 0 Å². The Labute approximate surface area is 151 Å². The molecule has 1 amide bonds. The van der Waals surface area contributed by atoms with Crippen LogP contribution in [0.25, 0.3) is 10.9 Å². The van der Waals surface area contributed by atoms with Crippen molar-refractivity contribution in [1.29, 1.82) is 0 Å². The number of fused-ring (bicyclic) bond motifs is 1. The van der Waals surface area contributed by atoms with E-state index in [1.165, 1.54) is 12.1 Å². The van der Waals surface area contributed by atoms with Crippen LogP contribution in [0.15, 0.2) is 53.3 Å². The van der Waals surface area contributed by atoms with Crippen LogP contribution < -0.4 is 10.9 Å². The summed E-state index contributed by atoms with van der Waals surface area (Å²) in [5.41, 5.74) is 3.36. The first kappa shape index (κ1) is 17.9. The number of hydrogen-bond donors (Lipinski definition) is 2. The maximum Gasteiger partial charge on any atom is 0.251 e. The van der Waals surface area contributed by atoms with E-state index in [2.05, 4.69) is 10.3 Å². The molecule has 0 aliphatic carbocycles. The monoisotopic (exact) mass is 352 g/mol. The van der Waals surface area contributed by atoms with E-state index in [4.69, 9.17) is 0 Å². The van der Waals surface area contributed by atoms with Crippen molar-refractivity contribution in [3.63, 3.8) is 0 Å². The number of hydrogen-bond acceptors (Lipinski definition) is 2. The van der Waals surface area contributed by atoms with Crippen molar-refractivity contribution in [2.75, 3.05) is 6.54 Å². The van der Waals surface area contributed by atoms with Crippen LogP contribution >= 0.6 is 0 Å². The topological polar surface area (TPSA) is 62.0 Å². The van der Waals surface area contributed by atoms with Gasteiger partial charge in [-0.2, -0.15) is 0 Å². The van der Waals surface area contributed by atoms with E-state index in [9.17, 15) is 14.0 Å². The molecule has 0 unspecified atom stereocenters. The molecule has 4 nitrogen and oxygen atoms in total. The van der Waals surface area contributed by atoms with Crippen molar-refractivity contribution in [3.05, 3.63) is 81.4 Å². The quantitative estimate of drug-likeness (QED) is 0.715. The third-order valence-electron chi connectivity index (χ3n) is 4.35. The average Bonchev–Trinajstić information content (AvgIpc) is 2.62. The summed E-state index contributed by atoms with van der Waals surface area (Å²) in [4.78, 5) is 27.0. The molecule has 3 aromatic rings. The van der Waals surface area contributed by atoms with Gasteiger partial charge < -0.3 is 10.3 Å². The fraction of sp³-hybridized carbons (Fsp3) is 0.238. The second-order valence-corrected chi connectivity index (χ2v) is 6.44. The number of carbonyl (C=O) groups is 1. The SMILES string of the molecule is Cc1ccc2cc(CCNC(=O)CCc3ccc(F)cc3)c(=O)[nH]c2c1. The molecule has 2 N–H and O–H groups in total. The molecule has 0 saturated carbocycles. The van der Waals surface area contributed by atoms with Crippen LogP contribution in [-0.4, -0.2) is 17.4 Å². The molecule has 5 heteroatoms. The Balaban J connectivity index is 1.52. The summed E-state index contributed by atoms with van der Waals surface area (Å²) in [7, 11) is 0. The largest absolute Gasteiger partial charge is 0.356 e. The normalized spacial score (nSPS) is 10.8. The Kier molecular flexibility index (Phi) is 5.46. The molecule has 0 atom stereocenters. The molecule has 0 saturated heterocycles. The first-order chi connectivity index (χ1) is 12.5. The summed E-state index contributed by atoms with van der Waals surface area (Å²) in [6.07, 6.45) is 1.36. The van der Waals surface area contributed by atoms with Crippen LogP contribution in [0.2, 0.25) is 0 Å². The van der Waals surface area contributed by atoms with Gasteiger partial charge in [0.25, 0.3) is 5.56 Å². The van der Waals surface area contributed by atoms with Crippen LogP contribution in [0.1, 0.15) is 23.1 Å². The van der Waals surface area contributed by atoms with Crippen LogP contribution in [0, 0.1) is 12.7 Å². The van der Waals surface area contributed by atoms with Crippen LogP contribution in [-0.2, 0) is 17.6 Å². The number of amides is 1. The first-order valence-electron chi connectivity index (χ1n) is 8.65. The van der Waals surface area contributed by atoms with Gasteiger partial charge in [-0.15, -0.1) is 0 Å². The first-order valence-corrected chi connectivity index (χ1v) is 8.65. The highest BCUT2D eigenvalue weighted by molar-refractivity contribution is 5.79. The van der Waals surface area contributed by atoms with Crippen molar-refractivity contribution < 1.29 is 9.18 Å². The van der Waals surface area contributed by atoms with E-state index in [0.29, 0.717) is 31.4 Å². The molecule has 0 aliphatic heterocycles. The Bertz CT molecular complexity index is 977. The smallest absolute Gasteiger partial charge is 0.251 e. The fourth-order valence-electron chi connectivity index (χ4n) is 2.88. The summed E-state index contributed by atoms with van der Waals surface area (Å²) in [5.74, 6) is -0.365. The Hall–Kier alpha value is -2.95. The van der Waals surface area contributed by atoms with E-state index < -0.39 is 0 Å². The number of aryl methyl sites for hydroxylation is 2. The Morgan fingerprint density at radius 1 is 1.08 bits per heavy atom. The molecule has 0 bridgehead atoms. The fourth-order valence-corrected chi connectivity index (χ4v) is 2.88. The Morgan fingerprint density at radius 2 is 1.85 bits per heavy atom. The van der Waals surface area contributed by atoms with Gasteiger partial charge in [0.2, 0.25) is 5.91 Å². The maximum absolute atomic E-state index is 12.9. The molecular weight excluding hydrogens is 331 g/mol. The van der Waals surface area contributed by atoms with E-state index in [1.54, 1.807) is 12.1 Å². The van der Waals surface area contributed by atoms with Crippen molar-refractivity contribution in [3.8, 4) is 0 Å². The number of nitrogens with one attached hydrogen (secondary N) is 2. The average molecular weight is 352 g/mol. The molecule has 0 radical (unpaired) electrons. The molecule has 0 spiro atoms. The zero-order chi connectivity index (χ0) is 18.5. The van der Waals surface area contributed by atoms with Gasteiger partial charge in [-0.1, -0.05) is 24.3 Å². The minimum atomic E-state index is -0.283. The summed E-state index contributed by atoms with van der Waals surface area (Å²) < 4.78 is 12.9. The molecule has 1 heterocycles. The number of pyridine rings is 1. The van der Waals surface area contributed by atoms with Crippen molar-refractivity contribution in [2.24, 2.45) is 0 Å². The number of aromatic nitrogens is 1. The minimum Gasteiger partial charge on any atom is -0.356 e. The van der Waals surface area contributed by atoms with Gasteiger partial charge in [-0.05, 0) is 60.5 Å². The molecule has 2 aromatic carbocycles. The van der Waals surface area contributed by atoms with Crippen LogP contribution in [0.5, 0.6) is 0 Å². The second kappa shape index (κ2) is 7.95. The molecule has 134 valence electrons. The van der Waals surface area contributed by atoms with Gasteiger partial charge in [-0.25, -0.2) is 4.39 Å². The van der Waals surface area contributed by atoms with Gasteiger partial charge in [0, 0.05) is 24.0 Å². The zero-order valence-corrected chi connectivity index (χ0v) is 14.6. The molecule has 0 aliphatic rings. The van der Waals surface area contributed by atoms with E-state index in [0.717, 1.165) is 22.0 Å². The maximum atomic E-state index is 12.9. The van der Waals surface area contributed by atoms with Crippen molar-refractivity contribution in [2.45, 2.75) is 26.2 Å². The molecule has 1 aromatic heterocycles. The van der Waals surface area contributed by atoms with Crippen molar-refractivity contribution in [1.82, 2.24) is 10.3 Å². The lowest BCUT2D eigenvalue weighted by Gasteiger charge is -2.07. The number of rotatable bonds is 6. The molecule has 0 fully saturated rings. The van der Waals surface area contributed by atoms with E-state index in [1.807, 2.05) is 31.2 Å². The van der Waals surface area contributed by atoms with E-state index in [-0.39, 0.29) is 17.3 Å². The van der Waals surface area contributed by atoms with Gasteiger partial charge >= 0.3 is 0 Å². The minimum absolute atomic E-state index is 0.0813. The second-order valence-electron chi connectivity index (χ2n) is 6.44. The zero-order valence-electron chi connectivity index (χ0n) is 14.6. The lowest BCUT2D eigenvalue weighted by atomic mass is 10.1. The Morgan fingerprint density at radius 3 is 2.62 bits per heavy atom. The lowest BCUT2D eigenvalue weighted by Crippen LogP contribution is -2.27. The molecule has 26 heavy (non-hydrogen) atoms. The van der Waals surface area contributed by atoms with Gasteiger partial charge in [0.05, 0.1) is 0 Å². The number of halogens is 1. The predicted molar refractivity (Wildman–Crippen MR) is 101 cm³/mol. The number of benzene rings is 2. The summed E-state index contributed by atoms with van der Waals surface area (Å²) in [5, 5.41) is 3.81. The number of carbonyl (C=O) groups excluding carboxylic acids is 1. The molecular formula is C21H21FN2O2. The molecule has 3 rings (SSSR count). The highest BCUT2D eigenvalue weighted by Gasteiger charge is 2.06. The van der Waals surface area contributed by atoms with Gasteiger partial charge in [0.15, 0.2) is 0 Å². The lowest BCUT2D eigenvalue weighted by molar-refractivity contribution is -0.121. The standard InChI is InChI=1S/C21H21FN2O2/c1-14-2-6-16-13-17(21(26)24-19(16)12-14)10-11-23-20(25)9-5-15-3-7-18(22)8-4-15/h2-4,6-8,12-13H,5,9-11H2,1H3,(H,23,25)(H,24,26). The van der Waals surface area contributed by atoms with Gasteiger partial charge in [-0.3, -0.25) is 9.59 Å².